The van der Waals surface area contributed by atoms with E-state index in [4.69, 9.17) is 4.42 Å². The van der Waals surface area contributed by atoms with Crippen molar-refractivity contribution in [3.63, 3.8) is 0 Å². The van der Waals surface area contributed by atoms with Crippen LogP contribution in [0.4, 0.5) is 28.4 Å². The Bertz CT molecular complexity index is 3310. The molecule has 0 saturated heterocycles. The lowest BCUT2D eigenvalue weighted by atomic mass is 9.96. The predicted octanol–water partition coefficient (Wildman–Crippen LogP) is 15.7. The van der Waals surface area contributed by atoms with Crippen LogP contribution in [0.5, 0.6) is 0 Å². The van der Waals surface area contributed by atoms with E-state index in [1.807, 2.05) is 35.6 Å². The Kier molecular flexibility index (Phi) is 8.24. The molecule has 8 aromatic carbocycles. The molecule has 4 heteroatoms. The zero-order chi connectivity index (χ0) is 38.4. The summed E-state index contributed by atoms with van der Waals surface area (Å²) in [5, 5.41) is 4.69. The monoisotopic (exact) mass is 758 g/mol. The minimum Gasteiger partial charge on any atom is -0.456 e. The third-order valence-corrected chi connectivity index (χ3v) is 12.0. The maximum Gasteiger partial charge on any atom is 0.135 e. The Morgan fingerprint density at radius 2 is 1.05 bits per heavy atom. The normalized spacial score (nSPS) is 12.2. The Balaban J connectivity index is 1.06. The van der Waals surface area contributed by atoms with Gasteiger partial charge >= 0.3 is 0 Å². The number of para-hydroxylation sites is 3. The Hall–Kier alpha value is -7.58. The van der Waals surface area contributed by atoms with Gasteiger partial charge in [0.1, 0.15) is 11.2 Å². The van der Waals surface area contributed by atoms with Crippen LogP contribution in [0.15, 0.2) is 228 Å². The van der Waals surface area contributed by atoms with E-state index in [1.54, 1.807) is 0 Å². The van der Waals surface area contributed by atoms with Crippen LogP contribution in [0.2, 0.25) is 0 Å². The molecule has 0 N–H and O–H groups in total. The van der Waals surface area contributed by atoms with E-state index >= 15 is 0 Å². The fourth-order valence-corrected chi connectivity index (χ4v) is 9.27. The molecule has 0 atom stereocenters. The van der Waals surface area contributed by atoms with Gasteiger partial charge in [-0.1, -0.05) is 109 Å². The highest BCUT2D eigenvalue weighted by Gasteiger charge is 2.19. The second-order valence-electron chi connectivity index (χ2n) is 14.4. The van der Waals surface area contributed by atoms with Crippen molar-refractivity contribution in [3.8, 4) is 22.3 Å². The van der Waals surface area contributed by atoms with E-state index in [0.29, 0.717) is 0 Å². The van der Waals surface area contributed by atoms with Gasteiger partial charge in [0.05, 0.1) is 5.70 Å². The molecule has 0 spiro atoms. The van der Waals surface area contributed by atoms with E-state index < -0.39 is 0 Å². The van der Waals surface area contributed by atoms with Crippen LogP contribution in [-0.4, -0.2) is 0 Å². The lowest BCUT2D eigenvalue weighted by Gasteiger charge is -2.27. The average molecular weight is 759 g/mol. The van der Waals surface area contributed by atoms with E-state index in [0.717, 1.165) is 67.2 Å². The van der Waals surface area contributed by atoms with Crippen LogP contribution in [0, 0.1) is 0 Å². The quantitative estimate of drug-likeness (QED) is 0.144. The summed E-state index contributed by atoms with van der Waals surface area (Å²) in [6.07, 6.45) is 5.98. The van der Waals surface area contributed by atoms with E-state index in [9.17, 15) is 0 Å². The van der Waals surface area contributed by atoms with Crippen LogP contribution in [0.1, 0.15) is 0 Å². The number of hydrogen-bond acceptors (Lipinski definition) is 4. The Morgan fingerprint density at radius 1 is 0.397 bits per heavy atom. The second-order valence-corrected chi connectivity index (χ2v) is 15.5. The summed E-state index contributed by atoms with van der Waals surface area (Å²) in [7, 11) is 0. The highest BCUT2D eigenvalue weighted by molar-refractivity contribution is 7.25. The lowest BCUT2D eigenvalue weighted by molar-refractivity contribution is 0.669. The first kappa shape index (κ1) is 33.7. The van der Waals surface area contributed by atoms with Crippen molar-refractivity contribution in [2.45, 2.75) is 0 Å². The van der Waals surface area contributed by atoms with Crippen molar-refractivity contribution in [1.29, 1.82) is 0 Å². The number of nitrogens with zero attached hydrogens (tertiary/aromatic N) is 2. The third kappa shape index (κ3) is 6.03. The molecule has 0 amide bonds. The molecule has 2 aromatic heterocycles. The lowest BCUT2D eigenvalue weighted by Crippen LogP contribution is -2.14. The molecule has 3 nitrogen and oxygen atoms in total. The number of benzene rings is 8. The largest absolute Gasteiger partial charge is 0.456 e. The van der Waals surface area contributed by atoms with Crippen molar-refractivity contribution < 1.29 is 4.42 Å². The number of rotatable bonds is 8. The number of thiophene rings is 1. The molecule has 11 rings (SSSR count). The van der Waals surface area contributed by atoms with Crippen LogP contribution >= 0.6 is 11.3 Å². The van der Waals surface area contributed by atoms with Crippen molar-refractivity contribution >= 4 is 81.9 Å². The highest BCUT2D eigenvalue weighted by Crippen LogP contribution is 2.44. The van der Waals surface area contributed by atoms with E-state index in [1.165, 1.54) is 31.3 Å². The summed E-state index contributed by atoms with van der Waals surface area (Å²) in [5.41, 5.74) is 19.2. The van der Waals surface area contributed by atoms with Gasteiger partial charge in [-0.3, -0.25) is 0 Å². The minimum absolute atomic E-state index is 0.880. The number of fused-ring (bicyclic) bond motifs is 6. The van der Waals surface area contributed by atoms with Gasteiger partial charge in [-0.05, 0) is 131 Å². The van der Waals surface area contributed by atoms with Crippen molar-refractivity contribution in [2.24, 2.45) is 0 Å². The summed E-state index contributed by atoms with van der Waals surface area (Å²) in [6, 6.07) is 67.2. The standard InChI is InChI=1S/C54H34N2OS/c1-5-15-37(16-6-1)39-31-40(33-46(32-39)56(43-21-11-4-12-22-43)44-26-29-52-49(35-44)47-23-13-14-24-51(47)57-52)38-25-28-48-50-36-45(27-30-53(50)58-54(48)34-38)55(41-17-7-2-8-18-41)42-19-9-3-10-20-42/h1-9,11-19,21-36H. The topological polar surface area (TPSA) is 19.6 Å². The molecular weight excluding hydrogens is 725 g/mol. The molecule has 1 aliphatic rings. The predicted molar refractivity (Wildman–Crippen MR) is 245 cm³/mol. The van der Waals surface area contributed by atoms with Gasteiger partial charge in [0.2, 0.25) is 0 Å². The molecule has 2 heterocycles. The third-order valence-electron chi connectivity index (χ3n) is 10.9. The summed E-state index contributed by atoms with van der Waals surface area (Å²) in [6.45, 7) is 0. The van der Waals surface area contributed by atoms with Crippen molar-refractivity contribution in [3.05, 3.63) is 223 Å². The summed E-state index contributed by atoms with van der Waals surface area (Å²) in [5.74, 6) is 0. The fourth-order valence-electron chi connectivity index (χ4n) is 8.14. The first-order valence-electron chi connectivity index (χ1n) is 19.4. The molecule has 272 valence electrons. The molecule has 0 radical (unpaired) electrons. The maximum absolute atomic E-state index is 6.25. The Morgan fingerprint density at radius 3 is 1.83 bits per heavy atom. The molecular formula is C54H34N2OS. The molecule has 1 aliphatic carbocycles. The molecule has 0 saturated carbocycles. The zero-order valence-corrected chi connectivity index (χ0v) is 32.2. The van der Waals surface area contributed by atoms with Crippen LogP contribution < -0.4 is 9.80 Å². The minimum atomic E-state index is 0.880. The molecule has 0 bridgehead atoms. The van der Waals surface area contributed by atoms with Gasteiger partial charge in [0.25, 0.3) is 0 Å². The molecule has 58 heavy (non-hydrogen) atoms. The van der Waals surface area contributed by atoms with Gasteiger partial charge in [-0.25, -0.2) is 0 Å². The summed E-state index contributed by atoms with van der Waals surface area (Å²) >= 11 is 1.84. The number of allylic oxidation sites excluding steroid dienone is 3. The Labute approximate surface area is 340 Å². The highest BCUT2D eigenvalue weighted by atomic mass is 32.1. The van der Waals surface area contributed by atoms with E-state index in [-0.39, 0.29) is 0 Å². The SMILES string of the molecule is C1=C=C(N(c2ccccc2)c2ccc3sc4cc(-c5cc(-c6ccccc6)cc(N(c6ccccc6)c6ccc7oc8ccccc8c7c6)c5)ccc4c3c2)C=CC=1. The van der Waals surface area contributed by atoms with Crippen LogP contribution in [0.25, 0.3) is 64.4 Å². The second kappa shape index (κ2) is 14.2. The van der Waals surface area contributed by atoms with Gasteiger partial charge in [-0.2, -0.15) is 0 Å². The number of anilines is 5. The van der Waals surface area contributed by atoms with Crippen LogP contribution in [-0.2, 0) is 0 Å². The average Bonchev–Trinajstić information content (AvgIpc) is 3.85. The fraction of sp³-hybridized carbons (Fsp3) is 0. The summed E-state index contributed by atoms with van der Waals surface area (Å²) in [4.78, 5) is 4.60. The summed E-state index contributed by atoms with van der Waals surface area (Å²) < 4.78 is 8.75. The molecule has 10 aromatic rings. The number of hydrogen-bond donors (Lipinski definition) is 0. The smallest absolute Gasteiger partial charge is 0.135 e. The van der Waals surface area contributed by atoms with Crippen LogP contribution in [0.3, 0.4) is 0 Å². The van der Waals surface area contributed by atoms with Gasteiger partial charge in [0.15, 0.2) is 0 Å². The van der Waals surface area contributed by atoms with Crippen molar-refractivity contribution in [1.82, 2.24) is 0 Å². The molecule has 0 fully saturated rings. The maximum atomic E-state index is 6.25. The van der Waals surface area contributed by atoms with Gasteiger partial charge < -0.3 is 14.2 Å². The number of furan rings is 1. The first-order valence-corrected chi connectivity index (χ1v) is 20.2. The molecule has 0 unspecified atom stereocenters. The van der Waals surface area contributed by atoms with Gasteiger partial charge in [0, 0.05) is 59.4 Å². The molecule has 0 aliphatic heterocycles. The van der Waals surface area contributed by atoms with Crippen molar-refractivity contribution in [2.75, 3.05) is 9.80 Å². The zero-order valence-electron chi connectivity index (χ0n) is 31.3. The first-order chi connectivity index (χ1) is 28.7. The van der Waals surface area contributed by atoms with E-state index in [2.05, 4.69) is 203 Å². The van der Waals surface area contributed by atoms with Gasteiger partial charge in [-0.15, -0.1) is 11.3 Å².